The number of benzene rings is 2. The Labute approximate surface area is 171 Å². The van der Waals surface area contributed by atoms with Crippen molar-refractivity contribution in [2.45, 2.75) is 13.3 Å². The fourth-order valence-corrected chi connectivity index (χ4v) is 3.38. The first-order valence-corrected chi connectivity index (χ1v) is 9.45. The first-order valence-electron chi connectivity index (χ1n) is 8.65. The Morgan fingerprint density at radius 3 is 2.32 bits per heavy atom. The van der Waals surface area contributed by atoms with Crippen LogP contribution < -0.4 is 0 Å². The maximum atomic E-state index is 12.7. The van der Waals surface area contributed by atoms with Gasteiger partial charge < -0.3 is 9.47 Å². The predicted octanol–water partition coefficient (Wildman–Crippen LogP) is 4.44. The van der Waals surface area contributed by atoms with E-state index in [9.17, 15) is 9.59 Å². The summed E-state index contributed by atoms with van der Waals surface area (Å²) in [6, 6.07) is 14.9. The molecule has 0 fully saturated rings. The number of nitrogens with zero attached hydrogens (tertiary/aromatic N) is 2. The van der Waals surface area contributed by atoms with Crippen LogP contribution in [0.3, 0.4) is 0 Å². The molecule has 28 heavy (non-hydrogen) atoms. The second-order valence-electron chi connectivity index (χ2n) is 5.96. The van der Waals surface area contributed by atoms with E-state index >= 15 is 0 Å². The Morgan fingerprint density at radius 2 is 1.71 bits per heavy atom. The molecule has 0 aliphatic rings. The second kappa shape index (κ2) is 8.39. The first kappa shape index (κ1) is 19.8. The largest absolute Gasteiger partial charge is 0.465 e. The summed E-state index contributed by atoms with van der Waals surface area (Å²) in [5.41, 5.74) is 2.84. The summed E-state index contributed by atoms with van der Waals surface area (Å²) in [6.45, 7) is 2.01. The zero-order valence-corrected chi connectivity index (χ0v) is 17.3. The van der Waals surface area contributed by atoms with E-state index in [1.54, 1.807) is 12.1 Å². The van der Waals surface area contributed by atoms with Gasteiger partial charge in [0, 0.05) is 10.0 Å². The third-order valence-corrected chi connectivity index (χ3v) is 4.86. The molecule has 3 aromatic rings. The minimum absolute atomic E-state index is 0.0255. The minimum Gasteiger partial charge on any atom is -0.465 e. The van der Waals surface area contributed by atoms with Crippen molar-refractivity contribution in [1.82, 2.24) is 9.78 Å². The molecule has 0 saturated heterocycles. The fourth-order valence-electron chi connectivity index (χ4n) is 3.02. The average Bonchev–Trinajstić information content (AvgIpc) is 3.13. The zero-order valence-electron chi connectivity index (χ0n) is 15.7. The fraction of sp³-hybridized carbons (Fsp3) is 0.190. The number of ether oxygens (including phenoxy) is 2. The van der Waals surface area contributed by atoms with Crippen LogP contribution in [-0.4, -0.2) is 35.9 Å². The van der Waals surface area contributed by atoms with Crippen LogP contribution in [0, 0.1) is 0 Å². The lowest BCUT2D eigenvalue weighted by Gasteiger charge is -2.08. The molecule has 0 N–H and O–H groups in total. The molecular weight excluding hydrogens is 424 g/mol. The van der Waals surface area contributed by atoms with E-state index in [4.69, 9.17) is 9.47 Å². The zero-order chi connectivity index (χ0) is 20.3. The first-order chi connectivity index (χ1) is 13.5. The Bertz CT molecular complexity index is 1030. The molecule has 1 heterocycles. The highest BCUT2D eigenvalue weighted by molar-refractivity contribution is 9.10. The molecule has 2 aromatic carbocycles. The van der Waals surface area contributed by atoms with E-state index in [1.165, 1.54) is 18.9 Å². The normalized spacial score (nSPS) is 10.6. The SMILES string of the molecule is CCc1ccc(Br)cc1-c1nn(-c2ccccc2)c(C(=O)OC)c1C(=O)OC. The molecule has 144 valence electrons. The average molecular weight is 443 g/mol. The summed E-state index contributed by atoms with van der Waals surface area (Å²) in [4.78, 5) is 25.3. The number of aromatic nitrogens is 2. The Morgan fingerprint density at radius 1 is 1.04 bits per heavy atom. The van der Waals surface area contributed by atoms with Crippen LogP contribution in [0.4, 0.5) is 0 Å². The number of carbonyl (C=O) groups excluding carboxylic acids is 2. The summed E-state index contributed by atoms with van der Waals surface area (Å²) < 4.78 is 12.2. The second-order valence-corrected chi connectivity index (χ2v) is 6.87. The summed E-state index contributed by atoms with van der Waals surface area (Å²) in [5, 5.41) is 4.63. The Balaban J connectivity index is 2.41. The van der Waals surface area contributed by atoms with Gasteiger partial charge in [0.1, 0.15) is 11.3 Å². The quantitative estimate of drug-likeness (QED) is 0.546. The molecule has 1 aromatic heterocycles. The highest BCUT2D eigenvalue weighted by atomic mass is 79.9. The van der Waals surface area contributed by atoms with Crippen molar-refractivity contribution < 1.29 is 19.1 Å². The van der Waals surface area contributed by atoms with Gasteiger partial charge in [-0.1, -0.05) is 47.1 Å². The number of methoxy groups -OCH3 is 2. The van der Waals surface area contributed by atoms with Crippen molar-refractivity contribution in [3.8, 4) is 16.9 Å². The molecule has 7 heteroatoms. The molecule has 0 aliphatic carbocycles. The van der Waals surface area contributed by atoms with Gasteiger partial charge in [-0.2, -0.15) is 5.10 Å². The van der Waals surface area contributed by atoms with Gasteiger partial charge in [-0.05, 0) is 36.2 Å². The van der Waals surface area contributed by atoms with Crippen LogP contribution >= 0.6 is 15.9 Å². The summed E-state index contributed by atoms with van der Waals surface area (Å²) in [5.74, 6) is -1.32. The molecule has 0 aliphatic heterocycles. The lowest BCUT2D eigenvalue weighted by Crippen LogP contribution is -2.15. The topological polar surface area (TPSA) is 70.4 Å². The number of para-hydroxylation sites is 1. The van der Waals surface area contributed by atoms with Crippen molar-refractivity contribution in [2.24, 2.45) is 0 Å². The van der Waals surface area contributed by atoms with Gasteiger partial charge in [0.2, 0.25) is 0 Å². The van der Waals surface area contributed by atoms with E-state index in [2.05, 4.69) is 21.0 Å². The van der Waals surface area contributed by atoms with Gasteiger partial charge in [0.15, 0.2) is 5.69 Å². The molecule has 0 bridgehead atoms. The van der Waals surface area contributed by atoms with E-state index in [-0.39, 0.29) is 11.3 Å². The van der Waals surface area contributed by atoms with Crippen LogP contribution in [0.25, 0.3) is 16.9 Å². The number of rotatable bonds is 5. The van der Waals surface area contributed by atoms with Crippen LogP contribution in [0.1, 0.15) is 33.3 Å². The molecule has 0 amide bonds. The Hall–Kier alpha value is -2.93. The third kappa shape index (κ3) is 3.57. The summed E-state index contributed by atoms with van der Waals surface area (Å²) >= 11 is 3.47. The van der Waals surface area contributed by atoms with Gasteiger partial charge in [-0.25, -0.2) is 14.3 Å². The standard InChI is InChI=1S/C21H19BrN2O4/c1-4-13-10-11-14(22)12-16(13)18-17(20(25)27-2)19(21(26)28-3)24(23-18)15-8-6-5-7-9-15/h5-12H,4H2,1-3H3. The van der Waals surface area contributed by atoms with E-state index < -0.39 is 11.9 Å². The van der Waals surface area contributed by atoms with Crippen molar-refractivity contribution >= 4 is 27.9 Å². The molecule has 0 atom stereocenters. The van der Waals surface area contributed by atoms with Gasteiger partial charge >= 0.3 is 11.9 Å². The lowest BCUT2D eigenvalue weighted by molar-refractivity contribution is 0.0549. The third-order valence-electron chi connectivity index (χ3n) is 4.36. The molecule has 0 saturated carbocycles. The van der Waals surface area contributed by atoms with Gasteiger partial charge in [-0.3, -0.25) is 0 Å². The van der Waals surface area contributed by atoms with Gasteiger partial charge in [0.25, 0.3) is 0 Å². The monoisotopic (exact) mass is 442 g/mol. The van der Waals surface area contributed by atoms with Gasteiger partial charge in [-0.15, -0.1) is 0 Å². The van der Waals surface area contributed by atoms with Crippen molar-refractivity contribution in [3.63, 3.8) is 0 Å². The number of hydrogen-bond acceptors (Lipinski definition) is 5. The molecule has 0 radical (unpaired) electrons. The molecule has 0 spiro atoms. The smallest absolute Gasteiger partial charge is 0.357 e. The number of halogens is 1. The molecule has 3 rings (SSSR count). The minimum atomic E-state index is -0.670. The van der Waals surface area contributed by atoms with Gasteiger partial charge in [0.05, 0.1) is 19.9 Å². The molecule has 6 nitrogen and oxygen atoms in total. The number of aryl methyl sites for hydroxylation is 1. The van der Waals surface area contributed by atoms with Crippen molar-refractivity contribution in [3.05, 3.63) is 69.8 Å². The van der Waals surface area contributed by atoms with Crippen LogP contribution in [0.15, 0.2) is 53.0 Å². The Kier molecular flexibility index (Phi) is 5.94. The highest BCUT2D eigenvalue weighted by Crippen LogP contribution is 2.33. The van der Waals surface area contributed by atoms with Crippen LogP contribution in [0.2, 0.25) is 0 Å². The van der Waals surface area contributed by atoms with E-state index in [0.717, 1.165) is 22.0 Å². The molecular formula is C21H19BrN2O4. The predicted molar refractivity (Wildman–Crippen MR) is 109 cm³/mol. The maximum absolute atomic E-state index is 12.7. The number of hydrogen-bond donors (Lipinski definition) is 0. The van der Waals surface area contributed by atoms with E-state index in [0.29, 0.717) is 11.4 Å². The van der Waals surface area contributed by atoms with Crippen LogP contribution in [-0.2, 0) is 15.9 Å². The maximum Gasteiger partial charge on any atom is 0.357 e. The number of carbonyl (C=O) groups is 2. The summed E-state index contributed by atoms with van der Waals surface area (Å²) in [7, 11) is 2.54. The summed E-state index contributed by atoms with van der Waals surface area (Å²) in [6.07, 6.45) is 0.731. The van der Waals surface area contributed by atoms with Crippen molar-refractivity contribution in [2.75, 3.05) is 14.2 Å². The van der Waals surface area contributed by atoms with E-state index in [1.807, 2.05) is 43.3 Å². The number of esters is 2. The lowest BCUT2D eigenvalue weighted by atomic mass is 9.99. The highest BCUT2D eigenvalue weighted by Gasteiger charge is 2.32. The molecule has 0 unspecified atom stereocenters. The van der Waals surface area contributed by atoms with Crippen LogP contribution in [0.5, 0.6) is 0 Å². The van der Waals surface area contributed by atoms with Crippen molar-refractivity contribution in [1.29, 1.82) is 0 Å².